The molecule has 0 fully saturated rings. The summed E-state index contributed by atoms with van der Waals surface area (Å²) in [7, 11) is 0. The first-order valence-electron chi connectivity index (χ1n) is 1.50. The molecule has 0 aromatic heterocycles. The molecule has 0 saturated heterocycles. The average Bonchev–Trinajstić information content (AvgIpc) is 0.811. The minimum atomic E-state index is 0. The molecular weight excluding hydrogens is 256 g/mol. The zero-order valence-electron chi connectivity index (χ0n) is 5.91. The predicted octanol–water partition coefficient (Wildman–Crippen LogP) is 2.52. The van der Waals surface area contributed by atoms with Gasteiger partial charge in [-0.1, -0.05) is 0 Å². The van der Waals surface area contributed by atoms with Gasteiger partial charge in [0.15, 0.2) is 0 Å². The Morgan fingerprint density at radius 3 is 0.857 bits per heavy atom. The molecule has 0 radical (unpaired) electrons. The van der Waals surface area contributed by atoms with Crippen molar-refractivity contribution >= 4 is 0 Å². The maximum atomic E-state index is 2.08. The third-order valence-electron chi connectivity index (χ3n) is 0. The number of rotatable bonds is 0. The molecule has 0 nitrogen and oxygen atoms in total. The Morgan fingerprint density at radius 1 is 0.857 bits per heavy atom. The standard InChI is InChI=1S/C4H9.2CH3.W/c1-4(2)3;;;/h1-3H3;2*1H3;/q3*-1;. The molecule has 0 bridgehead atoms. The van der Waals surface area contributed by atoms with E-state index in [0.29, 0.717) is 0 Å². The Balaban J connectivity index is -0.0000000150. The molecule has 0 aliphatic carbocycles. The van der Waals surface area contributed by atoms with E-state index in [1.165, 1.54) is 5.92 Å². The van der Waals surface area contributed by atoms with Crippen molar-refractivity contribution in [2.75, 3.05) is 0 Å². The van der Waals surface area contributed by atoms with E-state index in [0.717, 1.165) is 0 Å². The van der Waals surface area contributed by atoms with Gasteiger partial charge in [0.05, 0.1) is 0 Å². The summed E-state index contributed by atoms with van der Waals surface area (Å²) in [5, 5.41) is 0. The van der Waals surface area contributed by atoms with Gasteiger partial charge in [0.1, 0.15) is 0 Å². The van der Waals surface area contributed by atoms with E-state index in [1.807, 2.05) is 0 Å². The van der Waals surface area contributed by atoms with Crippen LogP contribution in [0.15, 0.2) is 0 Å². The molecule has 0 aliphatic heterocycles. The van der Waals surface area contributed by atoms with Gasteiger partial charge in [0.25, 0.3) is 0 Å². The molecular formula is C6H15W-3. The third-order valence-corrected chi connectivity index (χ3v) is 0. The molecule has 0 rings (SSSR count). The molecule has 0 atom stereocenters. The van der Waals surface area contributed by atoms with Gasteiger partial charge >= 0.3 is 0 Å². The summed E-state index contributed by atoms with van der Waals surface area (Å²) in [6.45, 7) is 6.25. The summed E-state index contributed by atoms with van der Waals surface area (Å²) in [6, 6.07) is 0. The van der Waals surface area contributed by atoms with Crippen LogP contribution < -0.4 is 0 Å². The molecule has 0 aliphatic rings. The SMILES string of the molecule is C[C-](C)C.[CH3-].[CH3-].[W]. The Hall–Kier alpha value is 0.688. The first kappa shape index (κ1) is 25.3. The molecule has 7 heavy (non-hydrogen) atoms. The predicted molar refractivity (Wildman–Crippen MR) is 33.1 cm³/mol. The summed E-state index contributed by atoms with van der Waals surface area (Å²) < 4.78 is 0. The second-order valence-electron chi connectivity index (χ2n) is 1.50. The Labute approximate surface area is 63.0 Å². The van der Waals surface area contributed by atoms with Crippen molar-refractivity contribution in [2.45, 2.75) is 20.8 Å². The van der Waals surface area contributed by atoms with Crippen LogP contribution in [0.25, 0.3) is 0 Å². The minimum absolute atomic E-state index is 0. The van der Waals surface area contributed by atoms with Crippen molar-refractivity contribution in [1.29, 1.82) is 0 Å². The van der Waals surface area contributed by atoms with E-state index in [-0.39, 0.29) is 35.9 Å². The van der Waals surface area contributed by atoms with Gasteiger partial charge in [0, 0.05) is 21.1 Å². The van der Waals surface area contributed by atoms with E-state index in [4.69, 9.17) is 0 Å². The van der Waals surface area contributed by atoms with Gasteiger partial charge in [-0.3, -0.25) is 0 Å². The topological polar surface area (TPSA) is 0 Å². The van der Waals surface area contributed by atoms with Crippen molar-refractivity contribution in [2.24, 2.45) is 0 Å². The zero-order chi connectivity index (χ0) is 3.58. The maximum absolute atomic E-state index is 2.08. The van der Waals surface area contributed by atoms with Gasteiger partial charge in [-0.05, 0) is 0 Å². The van der Waals surface area contributed by atoms with Crippen LogP contribution in [0.4, 0.5) is 0 Å². The van der Waals surface area contributed by atoms with Crippen molar-refractivity contribution in [3.05, 3.63) is 20.8 Å². The fourth-order valence-corrected chi connectivity index (χ4v) is 0. The molecule has 0 aromatic rings. The second kappa shape index (κ2) is 15.9. The molecule has 0 aromatic carbocycles. The second-order valence-corrected chi connectivity index (χ2v) is 1.50. The zero-order valence-corrected chi connectivity index (χ0v) is 8.84. The number of hydrogen-bond acceptors (Lipinski definition) is 0. The molecule has 0 heterocycles. The molecule has 0 spiro atoms. The fraction of sp³-hybridized carbons (Fsp3) is 0.500. The third kappa shape index (κ3) is 310. The van der Waals surface area contributed by atoms with Gasteiger partial charge in [-0.25, -0.2) is 0 Å². The van der Waals surface area contributed by atoms with Crippen molar-refractivity contribution in [3.8, 4) is 0 Å². The van der Waals surface area contributed by atoms with Gasteiger partial charge < -0.3 is 20.8 Å². The molecule has 0 amide bonds. The Bertz CT molecular complexity index is 8.90. The summed E-state index contributed by atoms with van der Waals surface area (Å²) in [4.78, 5) is 0. The van der Waals surface area contributed by atoms with Crippen molar-refractivity contribution in [1.82, 2.24) is 0 Å². The quantitative estimate of drug-likeness (QED) is 0.594. The van der Waals surface area contributed by atoms with Crippen LogP contribution in [0.2, 0.25) is 0 Å². The summed E-state index contributed by atoms with van der Waals surface area (Å²) in [5.41, 5.74) is 0. The summed E-state index contributed by atoms with van der Waals surface area (Å²) in [6.07, 6.45) is 0. The normalized spacial score (nSPS) is 5.14. The van der Waals surface area contributed by atoms with Crippen LogP contribution >= 0.6 is 0 Å². The van der Waals surface area contributed by atoms with Crippen molar-refractivity contribution < 1.29 is 21.1 Å². The summed E-state index contributed by atoms with van der Waals surface area (Å²) in [5.74, 6) is 1.42. The molecule has 0 N–H and O–H groups in total. The average molecular weight is 271 g/mol. The monoisotopic (exact) mass is 271 g/mol. The molecule has 48 valence electrons. The molecule has 0 saturated carbocycles. The first-order chi connectivity index (χ1) is 1.73. The first-order valence-corrected chi connectivity index (χ1v) is 1.50. The van der Waals surface area contributed by atoms with Crippen LogP contribution in [0, 0.1) is 20.8 Å². The van der Waals surface area contributed by atoms with Crippen LogP contribution in [0.5, 0.6) is 0 Å². The van der Waals surface area contributed by atoms with Crippen LogP contribution in [0.1, 0.15) is 20.8 Å². The number of hydrogen-bond donors (Lipinski definition) is 0. The summed E-state index contributed by atoms with van der Waals surface area (Å²) >= 11 is 0. The van der Waals surface area contributed by atoms with E-state index in [9.17, 15) is 0 Å². The molecule has 1 heteroatoms. The minimum Gasteiger partial charge on any atom is -0.358 e. The van der Waals surface area contributed by atoms with E-state index in [2.05, 4.69) is 20.8 Å². The molecule has 0 unspecified atom stereocenters. The van der Waals surface area contributed by atoms with E-state index < -0.39 is 0 Å². The van der Waals surface area contributed by atoms with Crippen molar-refractivity contribution in [3.63, 3.8) is 0 Å². The van der Waals surface area contributed by atoms with Gasteiger partial charge in [0.2, 0.25) is 0 Å². The Morgan fingerprint density at radius 2 is 0.857 bits per heavy atom. The van der Waals surface area contributed by atoms with Gasteiger partial charge in [-0.2, -0.15) is 20.8 Å². The smallest absolute Gasteiger partial charge is 0 e. The Kier molecular flexibility index (Phi) is 57.5. The van der Waals surface area contributed by atoms with E-state index >= 15 is 0 Å². The van der Waals surface area contributed by atoms with Gasteiger partial charge in [-0.15, -0.1) is 0 Å². The van der Waals surface area contributed by atoms with Crippen LogP contribution in [-0.4, -0.2) is 0 Å². The van der Waals surface area contributed by atoms with Crippen LogP contribution in [-0.2, 0) is 21.1 Å². The van der Waals surface area contributed by atoms with E-state index in [1.54, 1.807) is 0 Å². The van der Waals surface area contributed by atoms with Crippen LogP contribution in [0.3, 0.4) is 0 Å². The maximum Gasteiger partial charge on any atom is 0 e. The fourth-order valence-electron chi connectivity index (χ4n) is 0. The largest absolute Gasteiger partial charge is 0.358 e.